The van der Waals surface area contributed by atoms with Crippen LogP contribution >= 0.6 is 0 Å². The van der Waals surface area contributed by atoms with Crippen LogP contribution in [0.15, 0.2) is 72.8 Å². The van der Waals surface area contributed by atoms with Crippen LogP contribution in [0.4, 0.5) is 0 Å². The molecule has 3 aliphatic rings. The Hall–Kier alpha value is -3.40. The standard InChI is InChI=1S/C28H26O4/c1-27-13-15-28(2,16-14-27)22-18-24(32-26(30)20-11-7-4-8-12-20)23(17-21(22)27)31-25(29)19-9-5-3-6-10-19/h3-12,17-18H,13-16H2,1-2H3. The highest BCUT2D eigenvalue weighted by atomic mass is 16.6. The molecular formula is C28H26O4. The number of carbonyl (C=O) groups is 2. The van der Waals surface area contributed by atoms with Crippen molar-refractivity contribution in [3.8, 4) is 11.5 Å². The van der Waals surface area contributed by atoms with Crippen LogP contribution in [-0.4, -0.2) is 11.9 Å². The van der Waals surface area contributed by atoms with Crippen molar-refractivity contribution >= 4 is 11.9 Å². The number of rotatable bonds is 4. The summed E-state index contributed by atoms with van der Waals surface area (Å²) in [5.41, 5.74) is 3.39. The van der Waals surface area contributed by atoms with Crippen LogP contribution in [0.25, 0.3) is 0 Å². The van der Waals surface area contributed by atoms with E-state index in [0.29, 0.717) is 22.6 Å². The Morgan fingerprint density at radius 1 is 0.625 bits per heavy atom. The Balaban J connectivity index is 1.57. The lowest BCUT2D eigenvalue weighted by Gasteiger charge is -2.52. The normalized spacial score (nSPS) is 23.3. The van der Waals surface area contributed by atoms with Gasteiger partial charge in [-0.3, -0.25) is 0 Å². The summed E-state index contributed by atoms with van der Waals surface area (Å²) in [4.78, 5) is 25.7. The number of carbonyl (C=O) groups excluding carboxylic acids is 2. The number of esters is 2. The molecule has 0 heterocycles. The first-order chi connectivity index (χ1) is 15.4. The lowest BCUT2D eigenvalue weighted by atomic mass is 9.52. The van der Waals surface area contributed by atoms with Crippen molar-refractivity contribution in [2.45, 2.75) is 50.4 Å². The summed E-state index contributed by atoms with van der Waals surface area (Å²) in [6.07, 6.45) is 4.41. The van der Waals surface area contributed by atoms with Crippen molar-refractivity contribution in [3.63, 3.8) is 0 Å². The zero-order chi connectivity index (χ0) is 22.3. The van der Waals surface area contributed by atoms with E-state index in [-0.39, 0.29) is 10.8 Å². The van der Waals surface area contributed by atoms with Crippen molar-refractivity contribution < 1.29 is 19.1 Å². The van der Waals surface area contributed by atoms with Gasteiger partial charge in [-0.15, -0.1) is 0 Å². The fraction of sp³-hybridized carbons (Fsp3) is 0.286. The van der Waals surface area contributed by atoms with Crippen LogP contribution in [0.3, 0.4) is 0 Å². The van der Waals surface area contributed by atoms with Gasteiger partial charge < -0.3 is 9.47 Å². The SMILES string of the molecule is CC12CCC(C)(CC1)c1cc(OC(=O)c3ccccc3)c(OC(=O)c3ccccc3)cc12. The van der Waals surface area contributed by atoms with Gasteiger partial charge in [0.15, 0.2) is 11.5 Å². The predicted octanol–water partition coefficient (Wildman–Crippen LogP) is 6.23. The predicted molar refractivity (Wildman–Crippen MR) is 122 cm³/mol. The maximum atomic E-state index is 12.8. The molecule has 6 rings (SSSR count). The number of hydrogen-bond donors (Lipinski definition) is 0. The molecule has 0 amide bonds. The highest BCUT2D eigenvalue weighted by molar-refractivity contribution is 5.93. The number of benzene rings is 3. The minimum absolute atomic E-state index is 0.0446. The summed E-state index contributed by atoms with van der Waals surface area (Å²) in [5.74, 6) is -0.363. The van der Waals surface area contributed by atoms with E-state index in [1.807, 2.05) is 24.3 Å². The van der Waals surface area contributed by atoms with E-state index in [0.717, 1.165) is 25.7 Å². The molecule has 2 bridgehead atoms. The van der Waals surface area contributed by atoms with E-state index < -0.39 is 11.9 Å². The molecule has 3 aromatic rings. The van der Waals surface area contributed by atoms with E-state index in [2.05, 4.69) is 13.8 Å². The molecule has 0 aliphatic heterocycles. The first-order valence-corrected chi connectivity index (χ1v) is 11.1. The number of hydrogen-bond acceptors (Lipinski definition) is 4. The highest BCUT2D eigenvalue weighted by Crippen LogP contribution is 2.58. The summed E-state index contributed by atoms with van der Waals surface area (Å²) in [7, 11) is 0. The van der Waals surface area contributed by atoms with Crippen molar-refractivity contribution in [2.75, 3.05) is 0 Å². The molecule has 0 unspecified atom stereocenters. The third kappa shape index (κ3) is 3.50. The molecule has 0 spiro atoms. The average molecular weight is 427 g/mol. The molecule has 1 saturated carbocycles. The Morgan fingerprint density at radius 3 is 1.31 bits per heavy atom. The monoisotopic (exact) mass is 426 g/mol. The Labute approximate surface area is 188 Å². The van der Waals surface area contributed by atoms with E-state index in [4.69, 9.17) is 9.47 Å². The van der Waals surface area contributed by atoms with Crippen molar-refractivity contribution in [1.82, 2.24) is 0 Å². The second-order valence-corrected chi connectivity index (χ2v) is 9.48. The summed E-state index contributed by atoms with van der Waals surface area (Å²) in [6.45, 7) is 4.56. The van der Waals surface area contributed by atoms with Gasteiger partial charge in [-0.25, -0.2) is 9.59 Å². The van der Waals surface area contributed by atoms with Crippen LogP contribution in [0.5, 0.6) is 11.5 Å². The zero-order valence-electron chi connectivity index (χ0n) is 18.4. The molecule has 4 heteroatoms. The molecule has 0 atom stereocenters. The maximum absolute atomic E-state index is 12.8. The molecule has 1 fully saturated rings. The fourth-order valence-electron chi connectivity index (χ4n) is 5.08. The van der Waals surface area contributed by atoms with Crippen LogP contribution in [-0.2, 0) is 10.8 Å². The number of ether oxygens (including phenoxy) is 2. The van der Waals surface area contributed by atoms with Gasteiger partial charge in [0.2, 0.25) is 0 Å². The molecule has 0 radical (unpaired) electrons. The Morgan fingerprint density at radius 2 is 0.969 bits per heavy atom. The van der Waals surface area contributed by atoms with Gasteiger partial charge in [0, 0.05) is 0 Å². The summed E-state index contributed by atoms with van der Waals surface area (Å²) < 4.78 is 11.6. The third-order valence-corrected chi connectivity index (χ3v) is 7.27. The lowest BCUT2D eigenvalue weighted by molar-refractivity contribution is 0.0680. The lowest BCUT2D eigenvalue weighted by Crippen LogP contribution is -2.44. The van der Waals surface area contributed by atoms with Gasteiger partial charge in [0.25, 0.3) is 0 Å². The topological polar surface area (TPSA) is 52.6 Å². The van der Waals surface area contributed by atoms with Crippen LogP contribution in [0, 0.1) is 0 Å². The first kappa shape index (κ1) is 20.5. The summed E-state index contributed by atoms with van der Waals surface area (Å²) >= 11 is 0. The zero-order valence-corrected chi connectivity index (χ0v) is 18.4. The molecular weight excluding hydrogens is 400 g/mol. The minimum atomic E-state index is -0.472. The molecule has 3 aliphatic carbocycles. The maximum Gasteiger partial charge on any atom is 0.343 e. The van der Waals surface area contributed by atoms with E-state index >= 15 is 0 Å². The molecule has 3 aromatic carbocycles. The molecule has 4 nitrogen and oxygen atoms in total. The van der Waals surface area contributed by atoms with E-state index in [1.54, 1.807) is 48.5 Å². The van der Waals surface area contributed by atoms with Crippen molar-refractivity contribution in [1.29, 1.82) is 0 Å². The second kappa shape index (κ2) is 7.63. The fourth-order valence-corrected chi connectivity index (χ4v) is 5.08. The van der Waals surface area contributed by atoms with E-state index in [1.165, 1.54) is 11.1 Å². The van der Waals surface area contributed by atoms with Gasteiger partial charge in [-0.05, 0) is 84.0 Å². The Kier molecular flexibility index (Phi) is 4.89. The molecule has 0 N–H and O–H groups in total. The van der Waals surface area contributed by atoms with E-state index in [9.17, 15) is 9.59 Å². The summed E-state index contributed by atoms with van der Waals surface area (Å²) in [6, 6.07) is 21.6. The van der Waals surface area contributed by atoms with Gasteiger partial charge in [0.05, 0.1) is 11.1 Å². The largest absolute Gasteiger partial charge is 0.419 e. The molecule has 162 valence electrons. The molecule has 0 saturated heterocycles. The van der Waals surface area contributed by atoms with Crippen LogP contribution in [0.2, 0.25) is 0 Å². The second-order valence-electron chi connectivity index (χ2n) is 9.48. The van der Waals surface area contributed by atoms with Gasteiger partial charge in [-0.2, -0.15) is 0 Å². The highest BCUT2D eigenvalue weighted by Gasteiger charge is 2.48. The number of fused-ring (bicyclic) bond motifs is 2. The average Bonchev–Trinajstić information content (AvgIpc) is 2.82. The minimum Gasteiger partial charge on any atom is -0.419 e. The van der Waals surface area contributed by atoms with Gasteiger partial charge in [-0.1, -0.05) is 50.2 Å². The first-order valence-electron chi connectivity index (χ1n) is 11.1. The van der Waals surface area contributed by atoms with Gasteiger partial charge >= 0.3 is 11.9 Å². The smallest absolute Gasteiger partial charge is 0.343 e. The third-order valence-electron chi connectivity index (χ3n) is 7.27. The van der Waals surface area contributed by atoms with Crippen molar-refractivity contribution in [3.05, 3.63) is 95.1 Å². The van der Waals surface area contributed by atoms with Crippen LogP contribution in [0.1, 0.15) is 71.4 Å². The van der Waals surface area contributed by atoms with Crippen LogP contribution < -0.4 is 9.47 Å². The summed E-state index contributed by atoms with van der Waals surface area (Å²) in [5, 5.41) is 0. The van der Waals surface area contributed by atoms with Crippen molar-refractivity contribution in [2.24, 2.45) is 0 Å². The van der Waals surface area contributed by atoms with Gasteiger partial charge in [0.1, 0.15) is 0 Å². The molecule has 32 heavy (non-hydrogen) atoms. The quantitative estimate of drug-likeness (QED) is 0.367. The molecule has 0 aromatic heterocycles. The Bertz CT molecular complexity index is 1080.